The number of ketones is 1. The summed E-state index contributed by atoms with van der Waals surface area (Å²) >= 11 is 1.24. The maximum Gasteiger partial charge on any atom is 0.301 e. The maximum absolute atomic E-state index is 13.2. The number of anilines is 1. The van der Waals surface area contributed by atoms with Crippen LogP contribution in [0.4, 0.5) is 5.13 Å². The Morgan fingerprint density at radius 2 is 1.76 bits per heavy atom. The van der Waals surface area contributed by atoms with Gasteiger partial charge in [0, 0.05) is 17.1 Å². The molecule has 1 saturated heterocycles. The predicted octanol–water partition coefficient (Wildman–Crippen LogP) is 4.88. The molecule has 170 valence electrons. The van der Waals surface area contributed by atoms with Crippen molar-refractivity contribution in [2.24, 2.45) is 0 Å². The van der Waals surface area contributed by atoms with Crippen molar-refractivity contribution < 1.29 is 24.2 Å². The zero-order chi connectivity index (χ0) is 23.5. The number of hydrogen-bond donors (Lipinski definition) is 1. The highest BCUT2D eigenvalue weighted by Crippen LogP contribution is 2.44. The molecule has 1 fully saturated rings. The highest BCUT2D eigenvalue weighted by molar-refractivity contribution is 7.14. The van der Waals surface area contributed by atoms with Crippen molar-refractivity contribution in [2.45, 2.75) is 26.8 Å². The first-order valence-corrected chi connectivity index (χ1v) is 11.5. The van der Waals surface area contributed by atoms with Crippen LogP contribution in [0, 0.1) is 6.92 Å². The van der Waals surface area contributed by atoms with Gasteiger partial charge in [-0.05, 0) is 38.5 Å². The molecule has 0 spiro atoms. The molecule has 1 atom stereocenters. The first kappa shape index (κ1) is 22.5. The number of benzene rings is 2. The molecule has 0 saturated carbocycles. The van der Waals surface area contributed by atoms with E-state index in [-0.39, 0.29) is 11.3 Å². The number of carbonyl (C=O) groups is 2. The summed E-state index contributed by atoms with van der Waals surface area (Å²) in [4.78, 5) is 31.9. The van der Waals surface area contributed by atoms with E-state index < -0.39 is 17.7 Å². The van der Waals surface area contributed by atoms with Gasteiger partial charge in [-0.2, -0.15) is 0 Å². The Morgan fingerprint density at radius 1 is 1.06 bits per heavy atom. The van der Waals surface area contributed by atoms with E-state index in [1.54, 1.807) is 41.9 Å². The van der Waals surface area contributed by atoms with Crippen LogP contribution in [0.2, 0.25) is 0 Å². The van der Waals surface area contributed by atoms with Crippen molar-refractivity contribution >= 4 is 33.9 Å². The van der Waals surface area contributed by atoms with Crippen molar-refractivity contribution in [2.75, 3.05) is 18.1 Å². The molecule has 1 aliphatic rings. The van der Waals surface area contributed by atoms with E-state index in [2.05, 4.69) is 4.98 Å². The number of aryl methyl sites for hydroxylation is 1. The number of thiazole rings is 1. The van der Waals surface area contributed by atoms with E-state index in [0.29, 0.717) is 41.0 Å². The summed E-state index contributed by atoms with van der Waals surface area (Å²) in [5.41, 5.74) is 2.08. The molecular weight excluding hydrogens is 440 g/mol. The summed E-state index contributed by atoms with van der Waals surface area (Å²) in [6.07, 6.45) is 1.57. The molecule has 1 unspecified atom stereocenters. The number of nitrogens with zero attached hydrogens (tertiary/aromatic N) is 2. The maximum atomic E-state index is 13.2. The minimum Gasteiger partial charge on any atom is -0.507 e. The van der Waals surface area contributed by atoms with Crippen LogP contribution in [0.5, 0.6) is 11.5 Å². The van der Waals surface area contributed by atoms with Gasteiger partial charge in [-0.1, -0.05) is 35.9 Å². The second-order valence-electron chi connectivity index (χ2n) is 7.42. The SMILES string of the molecule is CCOc1ccc(C2C(=C(O)c3ccc(C)cc3)C(=O)C(=O)N2c2nccs2)cc1OCC. The van der Waals surface area contributed by atoms with Crippen LogP contribution in [0.1, 0.15) is 36.6 Å². The third-order valence-corrected chi connectivity index (χ3v) is 6.05. The number of aliphatic hydroxyl groups excluding tert-OH is 1. The first-order valence-electron chi connectivity index (χ1n) is 10.6. The van der Waals surface area contributed by atoms with Gasteiger partial charge in [0.15, 0.2) is 16.6 Å². The van der Waals surface area contributed by atoms with Crippen LogP contribution in [0.3, 0.4) is 0 Å². The molecule has 8 heteroatoms. The van der Waals surface area contributed by atoms with Gasteiger partial charge in [-0.15, -0.1) is 11.3 Å². The van der Waals surface area contributed by atoms with Crippen LogP contribution in [-0.4, -0.2) is 35.0 Å². The molecule has 33 heavy (non-hydrogen) atoms. The first-order chi connectivity index (χ1) is 16.0. The predicted molar refractivity (Wildman–Crippen MR) is 127 cm³/mol. The summed E-state index contributed by atoms with van der Waals surface area (Å²) in [5.74, 6) is -0.676. The largest absolute Gasteiger partial charge is 0.507 e. The van der Waals surface area contributed by atoms with E-state index in [4.69, 9.17) is 9.47 Å². The zero-order valence-corrected chi connectivity index (χ0v) is 19.4. The van der Waals surface area contributed by atoms with Crippen molar-refractivity contribution in [3.8, 4) is 11.5 Å². The summed E-state index contributed by atoms with van der Waals surface area (Å²) in [6, 6.07) is 11.5. The Kier molecular flexibility index (Phi) is 6.46. The van der Waals surface area contributed by atoms with Gasteiger partial charge >= 0.3 is 5.91 Å². The highest BCUT2D eigenvalue weighted by Gasteiger charge is 2.48. The summed E-state index contributed by atoms with van der Waals surface area (Å²) in [5, 5.41) is 13.3. The molecule has 7 nitrogen and oxygen atoms in total. The normalized spacial score (nSPS) is 17.4. The summed E-state index contributed by atoms with van der Waals surface area (Å²) < 4.78 is 11.4. The van der Waals surface area contributed by atoms with Crippen LogP contribution in [0.15, 0.2) is 59.6 Å². The van der Waals surface area contributed by atoms with Gasteiger partial charge in [-0.25, -0.2) is 4.98 Å². The molecular formula is C25H24N2O5S. The lowest BCUT2D eigenvalue weighted by molar-refractivity contribution is -0.132. The number of carbonyl (C=O) groups excluding carboxylic acids is 2. The Hall–Kier alpha value is -3.65. The number of rotatable bonds is 7. The minimum absolute atomic E-state index is 0.00524. The fourth-order valence-electron chi connectivity index (χ4n) is 3.78. The van der Waals surface area contributed by atoms with Crippen molar-refractivity contribution in [3.63, 3.8) is 0 Å². The number of Topliss-reactive ketones (excluding diaryl/α,β-unsaturated/α-hetero) is 1. The molecule has 3 aromatic rings. The fraction of sp³-hybridized carbons (Fsp3) is 0.240. The average molecular weight is 465 g/mol. The molecule has 4 rings (SSSR count). The van der Waals surface area contributed by atoms with Gasteiger partial charge in [-0.3, -0.25) is 14.5 Å². The Labute approximate surface area is 195 Å². The van der Waals surface area contributed by atoms with Gasteiger partial charge < -0.3 is 14.6 Å². The molecule has 0 bridgehead atoms. The second-order valence-corrected chi connectivity index (χ2v) is 8.30. The molecule has 1 N–H and O–H groups in total. The molecule has 0 aliphatic carbocycles. The van der Waals surface area contributed by atoms with Crippen molar-refractivity contribution in [3.05, 3.63) is 76.3 Å². The highest BCUT2D eigenvalue weighted by atomic mass is 32.1. The zero-order valence-electron chi connectivity index (χ0n) is 18.6. The van der Waals surface area contributed by atoms with Gasteiger partial charge in [0.05, 0.1) is 24.8 Å². The lowest BCUT2D eigenvalue weighted by Gasteiger charge is -2.24. The summed E-state index contributed by atoms with van der Waals surface area (Å²) in [6.45, 7) is 6.55. The van der Waals surface area contributed by atoms with Crippen LogP contribution >= 0.6 is 11.3 Å². The molecule has 0 radical (unpaired) electrons. The van der Waals surface area contributed by atoms with Crippen molar-refractivity contribution in [1.29, 1.82) is 0 Å². The quantitative estimate of drug-likeness (QED) is 0.305. The second kappa shape index (κ2) is 9.46. The number of ether oxygens (including phenoxy) is 2. The van der Waals surface area contributed by atoms with Gasteiger partial charge in [0.1, 0.15) is 5.76 Å². The van der Waals surface area contributed by atoms with Crippen LogP contribution in [-0.2, 0) is 9.59 Å². The molecule has 1 amide bonds. The topological polar surface area (TPSA) is 89.0 Å². The van der Waals surface area contributed by atoms with Crippen molar-refractivity contribution in [1.82, 2.24) is 4.98 Å². The number of aliphatic hydroxyl groups is 1. The van der Waals surface area contributed by atoms with E-state index in [1.165, 1.54) is 16.2 Å². The fourth-order valence-corrected chi connectivity index (χ4v) is 4.45. The minimum atomic E-state index is -0.868. The number of hydrogen-bond acceptors (Lipinski definition) is 7. The monoisotopic (exact) mass is 464 g/mol. The lowest BCUT2D eigenvalue weighted by atomic mass is 9.95. The van der Waals surface area contributed by atoms with E-state index in [9.17, 15) is 14.7 Å². The van der Waals surface area contributed by atoms with Gasteiger partial charge in [0.2, 0.25) is 0 Å². The lowest BCUT2D eigenvalue weighted by Crippen LogP contribution is -2.29. The molecule has 1 aliphatic heterocycles. The van der Waals surface area contributed by atoms with Crippen LogP contribution < -0.4 is 14.4 Å². The average Bonchev–Trinajstić information content (AvgIpc) is 3.42. The Bertz CT molecular complexity index is 1200. The number of aromatic nitrogens is 1. The third kappa shape index (κ3) is 4.21. The molecule has 1 aromatic heterocycles. The van der Waals surface area contributed by atoms with Crippen LogP contribution in [0.25, 0.3) is 5.76 Å². The summed E-state index contributed by atoms with van der Waals surface area (Å²) in [7, 11) is 0. The standard InChI is InChI=1S/C25H24N2O5S/c1-4-31-18-11-10-17(14-19(18)32-5-2)21-20(22(28)16-8-6-15(3)7-9-16)23(29)24(30)27(21)25-26-12-13-33-25/h6-14,21,28H,4-5H2,1-3H3. The van der Waals surface area contributed by atoms with Gasteiger partial charge in [0.25, 0.3) is 5.78 Å². The van der Waals surface area contributed by atoms with E-state index >= 15 is 0 Å². The molecule has 2 heterocycles. The van der Waals surface area contributed by atoms with E-state index in [1.807, 2.05) is 32.9 Å². The Morgan fingerprint density at radius 3 is 2.39 bits per heavy atom. The smallest absolute Gasteiger partial charge is 0.301 e. The molecule has 2 aromatic carbocycles. The number of amides is 1. The third-order valence-electron chi connectivity index (χ3n) is 5.28. The Balaban J connectivity index is 1.92. The van der Waals surface area contributed by atoms with E-state index in [0.717, 1.165) is 5.56 Å².